The molecule has 20 heavy (non-hydrogen) atoms. The predicted molar refractivity (Wildman–Crippen MR) is 75.7 cm³/mol. The highest BCUT2D eigenvalue weighted by Gasteiger charge is 2.21. The molecule has 0 amide bonds. The third-order valence-electron chi connectivity index (χ3n) is 2.63. The summed E-state index contributed by atoms with van der Waals surface area (Å²) in [5.41, 5.74) is 6.30. The summed E-state index contributed by atoms with van der Waals surface area (Å²) in [6.07, 6.45) is 1.43. The van der Waals surface area contributed by atoms with Crippen molar-refractivity contribution in [2.45, 2.75) is 10.6 Å². The van der Waals surface area contributed by atoms with Gasteiger partial charge in [0.1, 0.15) is 11.8 Å². The zero-order valence-corrected chi connectivity index (χ0v) is 11.8. The van der Waals surface area contributed by atoms with E-state index >= 15 is 0 Å². The maximum Gasteiger partial charge on any atom is 0.184 e. The number of anilines is 1. The van der Waals surface area contributed by atoms with Gasteiger partial charge in [-0.2, -0.15) is 5.26 Å². The summed E-state index contributed by atoms with van der Waals surface area (Å²) >= 11 is 5.91. The average Bonchev–Trinajstić information content (AvgIpc) is 2.41. The molecule has 0 aliphatic heterocycles. The van der Waals surface area contributed by atoms with Crippen molar-refractivity contribution in [1.29, 1.82) is 5.26 Å². The predicted octanol–water partition coefficient (Wildman–Crippen LogP) is 2.16. The number of rotatable bonds is 3. The molecule has 0 aliphatic rings. The van der Waals surface area contributed by atoms with Crippen LogP contribution in [0.3, 0.4) is 0 Å². The Morgan fingerprint density at radius 1 is 1.35 bits per heavy atom. The molecule has 0 atom stereocenters. The first-order valence-corrected chi connectivity index (χ1v) is 7.59. The van der Waals surface area contributed by atoms with Crippen LogP contribution >= 0.6 is 11.6 Å². The molecule has 102 valence electrons. The molecule has 2 rings (SSSR count). The second-order valence-corrected chi connectivity index (χ2v) is 6.44. The Kier molecular flexibility index (Phi) is 3.93. The SMILES string of the molecule is N#Cc1ncccc1CS(=O)(=O)c1cc(N)ccc1Cl. The van der Waals surface area contributed by atoms with E-state index in [-0.39, 0.29) is 21.4 Å². The Balaban J connectivity index is 2.47. The van der Waals surface area contributed by atoms with Crippen LogP contribution in [0, 0.1) is 11.3 Å². The maximum atomic E-state index is 12.4. The molecule has 0 fully saturated rings. The highest BCUT2D eigenvalue weighted by molar-refractivity contribution is 7.90. The van der Waals surface area contributed by atoms with Crippen LogP contribution in [0.4, 0.5) is 5.69 Å². The Morgan fingerprint density at radius 3 is 2.80 bits per heavy atom. The number of nitrogens with two attached hydrogens (primary N) is 1. The minimum Gasteiger partial charge on any atom is -0.399 e. The van der Waals surface area contributed by atoms with Gasteiger partial charge in [-0.3, -0.25) is 0 Å². The van der Waals surface area contributed by atoms with Crippen molar-refractivity contribution in [2.24, 2.45) is 0 Å². The van der Waals surface area contributed by atoms with Crippen molar-refractivity contribution in [3.63, 3.8) is 0 Å². The van der Waals surface area contributed by atoms with Crippen LogP contribution in [0.5, 0.6) is 0 Å². The molecule has 0 bridgehead atoms. The molecule has 2 aromatic rings. The summed E-state index contributed by atoms with van der Waals surface area (Å²) in [6.45, 7) is 0. The monoisotopic (exact) mass is 307 g/mol. The molecule has 2 N–H and O–H groups in total. The van der Waals surface area contributed by atoms with Crippen molar-refractivity contribution < 1.29 is 8.42 Å². The lowest BCUT2D eigenvalue weighted by molar-refractivity contribution is 0.595. The van der Waals surface area contributed by atoms with Crippen LogP contribution in [-0.4, -0.2) is 13.4 Å². The number of nitrogen functional groups attached to an aromatic ring is 1. The average molecular weight is 308 g/mol. The van der Waals surface area contributed by atoms with E-state index in [9.17, 15) is 8.42 Å². The molecule has 7 heteroatoms. The lowest BCUT2D eigenvalue weighted by Crippen LogP contribution is -2.08. The summed E-state index contributed by atoms with van der Waals surface area (Å²) in [7, 11) is -3.70. The lowest BCUT2D eigenvalue weighted by atomic mass is 10.2. The highest BCUT2D eigenvalue weighted by atomic mass is 35.5. The lowest BCUT2D eigenvalue weighted by Gasteiger charge is -2.08. The van der Waals surface area contributed by atoms with Gasteiger partial charge >= 0.3 is 0 Å². The number of halogens is 1. The number of aromatic nitrogens is 1. The molecule has 5 nitrogen and oxygen atoms in total. The Labute approximate surface area is 121 Å². The fourth-order valence-corrected chi connectivity index (χ4v) is 3.65. The number of sulfone groups is 1. The fraction of sp³-hybridized carbons (Fsp3) is 0.0769. The number of pyridine rings is 1. The molecule has 1 heterocycles. The normalized spacial score (nSPS) is 11.0. The molecular formula is C13H10ClN3O2S. The van der Waals surface area contributed by atoms with E-state index in [1.54, 1.807) is 12.1 Å². The molecule has 0 radical (unpaired) electrons. The first-order chi connectivity index (χ1) is 9.44. The molecule has 0 unspecified atom stereocenters. The highest BCUT2D eigenvalue weighted by Crippen LogP contribution is 2.27. The van der Waals surface area contributed by atoms with Gasteiger partial charge in [0.15, 0.2) is 9.84 Å². The van der Waals surface area contributed by atoms with Gasteiger partial charge in [-0.25, -0.2) is 13.4 Å². The van der Waals surface area contributed by atoms with Gasteiger partial charge in [-0.05, 0) is 24.3 Å². The third-order valence-corrected chi connectivity index (χ3v) is 4.77. The number of hydrogen-bond donors (Lipinski definition) is 1. The Morgan fingerprint density at radius 2 is 2.10 bits per heavy atom. The molecule has 0 saturated heterocycles. The minimum absolute atomic E-state index is 0.0492. The summed E-state index contributed by atoms with van der Waals surface area (Å²) < 4.78 is 24.7. The van der Waals surface area contributed by atoms with Crippen molar-refractivity contribution in [3.05, 3.63) is 52.8 Å². The summed E-state index contributed by atoms with van der Waals surface area (Å²) in [5.74, 6) is -0.354. The van der Waals surface area contributed by atoms with Crippen LogP contribution in [0.25, 0.3) is 0 Å². The first kappa shape index (κ1) is 14.3. The van der Waals surface area contributed by atoms with Gasteiger partial charge in [0.05, 0.1) is 15.7 Å². The van der Waals surface area contributed by atoms with E-state index in [4.69, 9.17) is 22.6 Å². The van der Waals surface area contributed by atoms with E-state index in [0.717, 1.165) is 0 Å². The Hall–Kier alpha value is -2.10. The number of benzene rings is 1. The summed E-state index contributed by atoms with van der Waals surface area (Å²) in [4.78, 5) is 3.78. The topological polar surface area (TPSA) is 96.8 Å². The zero-order valence-electron chi connectivity index (χ0n) is 10.2. The standard InChI is InChI=1S/C13H10ClN3O2S/c14-11-4-3-10(16)6-13(11)20(18,19)8-9-2-1-5-17-12(9)7-15/h1-6H,8,16H2. The molecular weight excluding hydrogens is 298 g/mol. The van der Waals surface area contributed by atoms with Crippen LogP contribution in [-0.2, 0) is 15.6 Å². The van der Waals surface area contributed by atoms with E-state index in [2.05, 4.69) is 4.98 Å². The second kappa shape index (κ2) is 5.49. The molecule has 0 saturated carbocycles. The van der Waals surface area contributed by atoms with Gasteiger partial charge < -0.3 is 5.73 Å². The second-order valence-electron chi connectivity index (χ2n) is 4.07. The van der Waals surface area contributed by atoms with Crippen LogP contribution in [0.1, 0.15) is 11.3 Å². The fourth-order valence-electron chi connectivity index (χ4n) is 1.70. The van der Waals surface area contributed by atoms with Crippen LogP contribution < -0.4 is 5.73 Å². The summed E-state index contributed by atoms with van der Waals surface area (Å²) in [5, 5.41) is 9.03. The van der Waals surface area contributed by atoms with Crippen molar-refractivity contribution in [1.82, 2.24) is 4.98 Å². The zero-order chi connectivity index (χ0) is 14.8. The van der Waals surface area contributed by atoms with Crippen LogP contribution in [0.2, 0.25) is 5.02 Å². The molecule has 1 aromatic heterocycles. The van der Waals surface area contributed by atoms with E-state index < -0.39 is 9.84 Å². The molecule has 0 aliphatic carbocycles. The van der Waals surface area contributed by atoms with Gasteiger partial charge in [0, 0.05) is 17.4 Å². The number of hydrogen-bond acceptors (Lipinski definition) is 5. The van der Waals surface area contributed by atoms with Gasteiger partial charge in [0.25, 0.3) is 0 Å². The van der Waals surface area contributed by atoms with Crippen LogP contribution in [0.15, 0.2) is 41.4 Å². The first-order valence-electron chi connectivity index (χ1n) is 5.56. The van der Waals surface area contributed by atoms with E-state index in [1.807, 2.05) is 6.07 Å². The largest absolute Gasteiger partial charge is 0.399 e. The molecule has 0 spiro atoms. The van der Waals surface area contributed by atoms with Gasteiger partial charge in [0.2, 0.25) is 0 Å². The van der Waals surface area contributed by atoms with Crippen molar-refractivity contribution in [2.75, 3.05) is 5.73 Å². The maximum absolute atomic E-state index is 12.4. The molecule has 1 aromatic carbocycles. The van der Waals surface area contributed by atoms with Gasteiger partial charge in [-0.1, -0.05) is 17.7 Å². The van der Waals surface area contributed by atoms with E-state index in [1.165, 1.54) is 24.4 Å². The summed E-state index contributed by atoms with van der Waals surface area (Å²) in [6, 6.07) is 9.24. The third kappa shape index (κ3) is 2.90. The van der Waals surface area contributed by atoms with Gasteiger partial charge in [-0.15, -0.1) is 0 Å². The Bertz CT molecular complexity index is 798. The van der Waals surface area contributed by atoms with Crippen molar-refractivity contribution in [3.8, 4) is 6.07 Å². The number of nitrogens with zero attached hydrogens (tertiary/aromatic N) is 2. The van der Waals surface area contributed by atoms with E-state index in [0.29, 0.717) is 11.3 Å². The minimum atomic E-state index is -3.70. The quantitative estimate of drug-likeness (QED) is 0.876. The number of nitriles is 1. The van der Waals surface area contributed by atoms with Crippen molar-refractivity contribution >= 4 is 27.1 Å². The smallest absolute Gasteiger partial charge is 0.184 e.